The third-order valence-corrected chi connectivity index (χ3v) is 4.99. The summed E-state index contributed by atoms with van der Waals surface area (Å²) in [6.07, 6.45) is 0. The molecule has 0 saturated carbocycles. The molecular formula is C23H26N2O5S. The molecule has 1 aliphatic rings. The van der Waals surface area contributed by atoms with Crippen molar-refractivity contribution in [2.45, 2.75) is 19.6 Å². The van der Waals surface area contributed by atoms with Crippen LogP contribution < -0.4 is 20.1 Å². The number of esters is 1. The first-order chi connectivity index (χ1) is 15.0. The molecule has 2 aromatic carbocycles. The van der Waals surface area contributed by atoms with Gasteiger partial charge in [0.2, 0.25) is 0 Å². The van der Waals surface area contributed by atoms with Gasteiger partial charge in [0.05, 0.1) is 25.3 Å². The summed E-state index contributed by atoms with van der Waals surface area (Å²) < 4.78 is 21.8. The Bertz CT molecular complexity index is 962. The van der Waals surface area contributed by atoms with Crippen LogP contribution in [-0.2, 0) is 20.9 Å². The molecule has 0 amide bonds. The van der Waals surface area contributed by atoms with E-state index in [1.807, 2.05) is 48.5 Å². The number of hydrogen-bond acceptors (Lipinski definition) is 6. The number of carbonyl (C=O) groups excluding carboxylic acids is 1. The Hall–Kier alpha value is -3.10. The molecule has 2 aromatic rings. The van der Waals surface area contributed by atoms with Gasteiger partial charge < -0.3 is 29.6 Å². The monoisotopic (exact) mass is 442 g/mol. The molecule has 164 valence electrons. The maximum atomic E-state index is 12.7. The third kappa shape index (κ3) is 5.74. The Morgan fingerprint density at radius 1 is 1.06 bits per heavy atom. The number of ether oxygens (including phenoxy) is 4. The van der Waals surface area contributed by atoms with Crippen LogP contribution in [0.1, 0.15) is 24.1 Å². The van der Waals surface area contributed by atoms with E-state index in [0.717, 1.165) is 11.1 Å². The smallest absolute Gasteiger partial charge is 0.338 e. The molecule has 1 atom stereocenters. The lowest BCUT2D eigenvalue weighted by Gasteiger charge is -2.30. The molecule has 1 heterocycles. The van der Waals surface area contributed by atoms with Gasteiger partial charge in [0.15, 0.2) is 16.6 Å². The zero-order chi connectivity index (χ0) is 22.2. The minimum absolute atomic E-state index is 0.166. The van der Waals surface area contributed by atoms with E-state index in [2.05, 4.69) is 10.6 Å². The average molecular weight is 443 g/mol. The summed E-state index contributed by atoms with van der Waals surface area (Å²) in [5.41, 5.74) is 2.94. The minimum atomic E-state index is -0.485. The Morgan fingerprint density at radius 3 is 2.55 bits per heavy atom. The van der Waals surface area contributed by atoms with Gasteiger partial charge >= 0.3 is 5.97 Å². The molecule has 8 heteroatoms. The maximum Gasteiger partial charge on any atom is 0.338 e. The van der Waals surface area contributed by atoms with Crippen molar-refractivity contribution in [3.05, 3.63) is 70.9 Å². The predicted octanol–water partition coefficient (Wildman–Crippen LogP) is 3.26. The molecule has 0 spiro atoms. The number of benzene rings is 2. The van der Waals surface area contributed by atoms with Gasteiger partial charge in [-0.25, -0.2) is 4.79 Å². The van der Waals surface area contributed by atoms with E-state index in [-0.39, 0.29) is 6.61 Å². The molecule has 0 bridgehead atoms. The van der Waals surface area contributed by atoms with E-state index in [1.165, 1.54) is 0 Å². The summed E-state index contributed by atoms with van der Waals surface area (Å²) in [6, 6.07) is 14.9. The fourth-order valence-electron chi connectivity index (χ4n) is 3.23. The molecule has 7 nitrogen and oxygen atoms in total. The zero-order valence-corrected chi connectivity index (χ0v) is 18.6. The molecule has 0 aromatic heterocycles. The number of hydrogen-bond donors (Lipinski definition) is 2. The standard InChI is InChI=1S/C23H26N2O5S/c1-15-20(22(26)29-12-11-27-2)21(25-23(31)24-15)17-9-10-18(19(13-17)28-3)30-14-16-7-5-4-6-8-16/h4-10,13,21H,11-12,14H2,1-3H3,(H2,24,25,31). The van der Waals surface area contributed by atoms with Crippen LogP contribution in [0.2, 0.25) is 0 Å². The summed E-state index contributed by atoms with van der Waals surface area (Å²) in [7, 11) is 3.13. The maximum absolute atomic E-state index is 12.7. The molecule has 0 saturated heterocycles. The fraction of sp³-hybridized carbons (Fsp3) is 0.304. The van der Waals surface area contributed by atoms with Gasteiger partial charge in [-0.3, -0.25) is 0 Å². The van der Waals surface area contributed by atoms with Crippen molar-refractivity contribution in [2.24, 2.45) is 0 Å². The Kier molecular flexibility index (Phi) is 7.86. The van der Waals surface area contributed by atoms with Gasteiger partial charge in [-0.1, -0.05) is 36.4 Å². The number of nitrogens with one attached hydrogen (secondary N) is 2. The van der Waals surface area contributed by atoms with E-state index in [9.17, 15) is 4.79 Å². The quantitative estimate of drug-likeness (QED) is 0.348. The summed E-state index contributed by atoms with van der Waals surface area (Å²) in [5.74, 6) is 0.728. The van der Waals surface area contributed by atoms with Crippen molar-refractivity contribution in [2.75, 3.05) is 27.4 Å². The van der Waals surface area contributed by atoms with Gasteiger partial charge in [-0.05, 0) is 42.4 Å². The number of thiocarbonyl (C=S) groups is 1. The fourth-order valence-corrected chi connectivity index (χ4v) is 3.50. The molecular weight excluding hydrogens is 416 g/mol. The lowest BCUT2D eigenvalue weighted by Crippen LogP contribution is -2.45. The van der Waals surface area contributed by atoms with Crippen LogP contribution in [0.15, 0.2) is 59.8 Å². The van der Waals surface area contributed by atoms with E-state index in [1.54, 1.807) is 21.1 Å². The Morgan fingerprint density at radius 2 is 1.84 bits per heavy atom. The first-order valence-corrected chi connectivity index (χ1v) is 10.2. The van der Waals surface area contributed by atoms with Gasteiger partial charge in [-0.2, -0.15) is 0 Å². The molecule has 31 heavy (non-hydrogen) atoms. The second-order valence-electron chi connectivity index (χ2n) is 6.88. The second kappa shape index (κ2) is 10.8. The summed E-state index contributed by atoms with van der Waals surface area (Å²) in [4.78, 5) is 12.7. The first-order valence-electron chi connectivity index (χ1n) is 9.82. The molecule has 1 aliphatic heterocycles. The van der Waals surface area contributed by atoms with Crippen LogP contribution in [0.25, 0.3) is 0 Å². The van der Waals surface area contributed by atoms with Crippen LogP contribution >= 0.6 is 12.2 Å². The average Bonchev–Trinajstić information content (AvgIpc) is 2.77. The summed E-state index contributed by atoms with van der Waals surface area (Å²) >= 11 is 5.30. The van der Waals surface area contributed by atoms with E-state index in [4.69, 9.17) is 31.2 Å². The minimum Gasteiger partial charge on any atom is -0.493 e. The van der Waals surface area contributed by atoms with Gasteiger partial charge in [-0.15, -0.1) is 0 Å². The van der Waals surface area contributed by atoms with E-state index < -0.39 is 12.0 Å². The number of rotatable bonds is 9. The highest BCUT2D eigenvalue weighted by atomic mass is 32.1. The Balaban J connectivity index is 1.84. The third-order valence-electron chi connectivity index (χ3n) is 4.77. The first kappa shape index (κ1) is 22.6. The zero-order valence-electron chi connectivity index (χ0n) is 17.8. The van der Waals surface area contributed by atoms with E-state index in [0.29, 0.717) is 41.1 Å². The molecule has 3 rings (SSSR count). The van der Waals surface area contributed by atoms with Crippen LogP contribution in [0.4, 0.5) is 0 Å². The van der Waals surface area contributed by atoms with Crippen molar-refractivity contribution in [1.29, 1.82) is 0 Å². The number of carbonyl (C=O) groups is 1. The van der Waals surface area contributed by atoms with Crippen LogP contribution in [0, 0.1) is 0 Å². The topological polar surface area (TPSA) is 78.1 Å². The number of allylic oxidation sites excluding steroid dienone is 1. The molecule has 0 radical (unpaired) electrons. The normalized spacial score (nSPS) is 15.7. The largest absolute Gasteiger partial charge is 0.493 e. The van der Waals surface area contributed by atoms with Crippen LogP contribution in [-0.4, -0.2) is 38.5 Å². The van der Waals surface area contributed by atoms with E-state index >= 15 is 0 Å². The van der Waals surface area contributed by atoms with Gasteiger partial charge in [0.25, 0.3) is 0 Å². The second-order valence-corrected chi connectivity index (χ2v) is 7.29. The summed E-state index contributed by atoms with van der Waals surface area (Å²) in [5, 5.41) is 6.57. The lowest BCUT2D eigenvalue weighted by molar-refractivity contribution is -0.140. The van der Waals surface area contributed by atoms with Crippen molar-refractivity contribution < 1.29 is 23.7 Å². The Labute approximate surface area is 187 Å². The highest BCUT2D eigenvalue weighted by Gasteiger charge is 2.31. The highest BCUT2D eigenvalue weighted by Crippen LogP contribution is 2.35. The van der Waals surface area contributed by atoms with Crippen LogP contribution in [0.3, 0.4) is 0 Å². The highest BCUT2D eigenvalue weighted by molar-refractivity contribution is 7.80. The molecule has 0 aliphatic carbocycles. The van der Waals surface area contributed by atoms with Gasteiger partial charge in [0, 0.05) is 12.8 Å². The van der Waals surface area contributed by atoms with Crippen molar-refractivity contribution in [3.8, 4) is 11.5 Å². The predicted molar refractivity (Wildman–Crippen MR) is 121 cm³/mol. The van der Waals surface area contributed by atoms with Crippen molar-refractivity contribution in [1.82, 2.24) is 10.6 Å². The van der Waals surface area contributed by atoms with Crippen LogP contribution in [0.5, 0.6) is 11.5 Å². The SMILES string of the molecule is COCCOC(=O)C1=C(C)NC(=S)NC1c1ccc(OCc2ccccc2)c(OC)c1. The molecule has 2 N–H and O–H groups in total. The molecule has 0 fully saturated rings. The number of methoxy groups -OCH3 is 2. The van der Waals surface area contributed by atoms with Crippen molar-refractivity contribution in [3.63, 3.8) is 0 Å². The summed E-state index contributed by atoms with van der Waals surface area (Å²) in [6.45, 7) is 2.70. The lowest BCUT2D eigenvalue weighted by atomic mass is 9.95. The molecule has 1 unspecified atom stereocenters. The van der Waals surface area contributed by atoms with Crippen molar-refractivity contribution >= 4 is 23.3 Å². The van der Waals surface area contributed by atoms with Gasteiger partial charge in [0.1, 0.15) is 13.2 Å².